The summed E-state index contributed by atoms with van der Waals surface area (Å²) in [5.41, 5.74) is 0.570. The molecule has 0 bridgehead atoms. The number of nitrogens with one attached hydrogen (secondary N) is 2. The fraction of sp³-hybridized carbons (Fsp3) is 0.273. The van der Waals surface area contributed by atoms with Crippen molar-refractivity contribution in [1.82, 2.24) is 9.13 Å². The number of hydrogen-bond donors (Lipinski definition) is 2. The summed E-state index contributed by atoms with van der Waals surface area (Å²) in [7, 11) is 0. The van der Waals surface area contributed by atoms with Gasteiger partial charge in [-0.2, -0.15) is 0 Å². The van der Waals surface area contributed by atoms with Gasteiger partial charge in [0.1, 0.15) is 6.54 Å². The molecular weight excluding hydrogens is 384 g/mol. The number of benzene rings is 2. The van der Waals surface area contributed by atoms with Crippen molar-refractivity contribution in [2.75, 3.05) is 10.6 Å². The van der Waals surface area contributed by atoms with Crippen LogP contribution in [-0.2, 0) is 16.1 Å². The lowest BCUT2D eigenvalue weighted by Crippen LogP contribution is -2.43. The van der Waals surface area contributed by atoms with Crippen LogP contribution in [0.5, 0.6) is 0 Å². The normalized spacial score (nSPS) is 11.8. The zero-order valence-corrected chi connectivity index (χ0v) is 17.1. The predicted molar refractivity (Wildman–Crippen MR) is 117 cm³/mol. The first-order valence-corrected chi connectivity index (χ1v) is 9.73. The minimum atomic E-state index is -0.518. The van der Waals surface area contributed by atoms with E-state index in [1.54, 1.807) is 55.5 Å². The maximum atomic E-state index is 13.1. The Morgan fingerprint density at radius 2 is 1.67 bits per heavy atom. The summed E-state index contributed by atoms with van der Waals surface area (Å²) in [6.45, 7) is 4.84. The molecule has 2 aromatic carbocycles. The zero-order valence-electron chi connectivity index (χ0n) is 17.1. The highest BCUT2D eigenvalue weighted by atomic mass is 16.2. The van der Waals surface area contributed by atoms with Crippen molar-refractivity contribution in [3.8, 4) is 0 Å². The van der Waals surface area contributed by atoms with Gasteiger partial charge < -0.3 is 10.6 Å². The molecule has 0 aliphatic rings. The number of amides is 2. The van der Waals surface area contributed by atoms with Crippen molar-refractivity contribution in [1.29, 1.82) is 0 Å². The number of aromatic nitrogens is 2. The highest BCUT2D eigenvalue weighted by molar-refractivity contribution is 5.93. The molecule has 0 spiro atoms. The summed E-state index contributed by atoms with van der Waals surface area (Å²) >= 11 is 0. The van der Waals surface area contributed by atoms with Crippen molar-refractivity contribution >= 4 is 34.1 Å². The van der Waals surface area contributed by atoms with Crippen LogP contribution in [0, 0.1) is 0 Å². The van der Waals surface area contributed by atoms with E-state index in [1.807, 2.05) is 6.92 Å². The van der Waals surface area contributed by atoms with Crippen LogP contribution in [0.3, 0.4) is 0 Å². The molecule has 1 unspecified atom stereocenters. The van der Waals surface area contributed by atoms with E-state index >= 15 is 0 Å². The van der Waals surface area contributed by atoms with E-state index in [9.17, 15) is 19.2 Å². The quantitative estimate of drug-likeness (QED) is 0.655. The van der Waals surface area contributed by atoms with Crippen LogP contribution in [0.1, 0.15) is 33.2 Å². The summed E-state index contributed by atoms with van der Waals surface area (Å²) in [5, 5.41) is 5.77. The third-order valence-electron chi connectivity index (χ3n) is 4.88. The number of fused-ring (bicyclic) bond motifs is 1. The van der Waals surface area contributed by atoms with E-state index in [0.29, 0.717) is 28.7 Å². The van der Waals surface area contributed by atoms with E-state index in [2.05, 4.69) is 10.6 Å². The minimum absolute atomic E-state index is 0.219. The van der Waals surface area contributed by atoms with E-state index < -0.39 is 11.6 Å². The van der Waals surface area contributed by atoms with Crippen molar-refractivity contribution in [3.05, 3.63) is 69.4 Å². The largest absolute Gasteiger partial charge is 0.332 e. The third kappa shape index (κ3) is 4.32. The molecule has 0 saturated carbocycles. The third-order valence-corrected chi connectivity index (χ3v) is 4.88. The van der Waals surface area contributed by atoms with E-state index in [1.165, 1.54) is 16.1 Å². The Bertz CT molecular complexity index is 1230. The van der Waals surface area contributed by atoms with Gasteiger partial charge in [0, 0.05) is 24.3 Å². The smallest absolute Gasteiger partial charge is 0.326 e. The van der Waals surface area contributed by atoms with Gasteiger partial charge in [-0.05, 0) is 43.7 Å². The molecule has 1 aromatic heterocycles. The molecule has 8 heteroatoms. The van der Waals surface area contributed by atoms with Gasteiger partial charge in [-0.15, -0.1) is 0 Å². The molecule has 156 valence electrons. The summed E-state index contributed by atoms with van der Waals surface area (Å²) in [6, 6.07) is 13.2. The zero-order chi connectivity index (χ0) is 21.8. The SMILES string of the molecule is CCC(C)n1c(=O)c2ccccc2n(CC(=O)Nc2cccc(NC(C)=O)c2)c1=O. The van der Waals surface area contributed by atoms with Crippen LogP contribution in [0.4, 0.5) is 11.4 Å². The van der Waals surface area contributed by atoms with E-state index in [0.717, 1.165) is 0 Å². The molecule has 3 aromatic rings. The fourth-order valence-electron chi connectivity index (χ4n) is 3.29. The van der Waals surface area contributed by atoms with Crippen LogP contribution in [-0.4, -0.2) is 20.9 Å². The number of rotatable bonds is 6. The van der Waals surface area contributed by atoms with Crippen LogP contribution in [0.15, 0.2) is 58.1 Å². The minimum Gasteiger partial charge on any atom is -0.326 e. The average Bonchev–Trinajstić information content (AvgIpc) is 2.70. The number of hydrogen-bond acceptors (Lipinski definition) is 4. The molecule has 0 radical (unpaired) electrons. The van der Waals surface area contributed by atoms with Gasteiger partial charge in [-0.25, -0.2) is 4.79 Å². The first kappa shape index (κ1) is 21.0. The number of nitrogens with zero attached hydrogens (tertiary/aromatic N) is 2. The second kappa shape index (κ2) is 8.77. The molecule has 0 aliphatic heterocycles. The maximum Gasteiger partial charge on any atom is 0.332 e. The molecule has 1 atom stereocenters. The molecule has 2 N–H and O–H groups in total. The van der Waals surface area contributed by atoms with E-state index in [-0.39, 0.29) is 24.1 Å². The molecule has 2 amide bonds. The second-order valence-corrected chi connectivity index (χ2v) is 7.13. The Hall–Kier alpha value is -3.68. The maximum absolute atomic E-state index is 13.1. The number of carbonyl (C=O) groups excluding carboxylic acids is 2. The molecule has 8 nitrogen and oxygen atoms in total. The molecule has 3 rings (SSSR count). The summed E-state index contributed by atoms with van der Waals surface area (Å²) in [6.07, 6.45) is 0.607. The predicted octanol–water partition coefficient (Wildman–Crippen LogP) is 2.73. The monoisotopic (exact) mass is 408 g/mol. The lowest BCUT2D eigenvalue weighted by Gasteiger charge is -2.17. The first-order valence-electron chi connectivity index (χ1n) is 9.73. The number of carbonyl (C=O) groups is 2. The van der Waals surface area contributed by atoms with Crippen LogP contribution in [0.25, 0.3) is 10.9 Å². The van der Waals surface area contributed by atoms with Gasteiger partial charge in [0.2, 0.25) is 11.8 Å². The van der Waals surface area contributed by atoms with Crippen LogP contribution < -0.4 is 21.9 Å². The van der Waals surface area contributed by atoms with Crippen molar-refractivity contribution in [2.45, 2.75) is 39.8 Å². The number of para-hydroxylation sites is 1. The molecule has 1 heterocycles. The molecular formula is C22H24N4O4. The molecule has 0 saturated heterocycles. The van der Waals surface area contributed by atoms with Crippen LogP contribution in [0.2, 0.25) is 0 Å². The first-order chi connectivity index (χ1) is 14.3. The Morgan fingerprint density at radius 1 is 1.00 bits per heavy atom. The van der Waals surface area contributed by atoms with Gasteiger partial charge in [-0.1, -0.05) is 25.1 Å². The van der Waals surface area contributed by atoms with Crippen molar-refractivity contribution < 1.29 is 9.59 Å². The highest BCUT2D eigenvalue weighted by Crippen LogP contribution is 2.16. The van der Waals surface area contributed by atoms with Crippen molar-refractivity contribution in [2.24, 2.45) is 0 Å². The van der Waals surface area contributed by atoms with Gasteiger partial charge in [0.05, 0.1) is 10.9 Å². The Kier molecular flexibility index (Phi) is 6.15. The van der Waals surface area contributed by atoms with Gasteiger partial charge in [0.15, 0.2) is 0 Å². The van der Waals surface area contributed by atoms with Crippen LogP contribution >= 0.6 is 0 Å². The topological polar surface area (TPSA) is 102 Å². The van der Waals surface area contributed by atoms with E-state index in [4.69, 9.17) is 0 Å². The van der Waals surface area contributed by atoms with Gasteiger partial charge in [0.25, 0.3) is 5.56 Å². The lowest BCUT2D eigenvalue weighted by atomic mass is 10.2. The second-order valence-electron chi connectivity index (χ2n) is 7.13. The number of anilines is 2. The Balaban J connectivity index is 1.97. The average molecular weight is 408 g/mol. The summed E-state index contributed by atoms with van der Waals surface area (Å²) in [4.78, 5) is 49.8. The molecule has 30 heavy (non-hydrogen) atoms. The van der Waals surface area contributed by atoms with Gasteiger partial charge >= 0.3 is 5.69 Å². The Morgan fingerprint density at radius 3 is 2.33 bits per heavy atom. The standard InChI is InChI=1S/C22H24N4O4/c1-4-14(2)26-21(29)18-10-5-6-11-19(18)25(22(26)30)13-20(28)24-17-9-7-8-16(12-17)23-15(3)27/h5-12,14H,4,13H2,1-3H3,(H,23,27)(H,24,28). The van der Waals surface area contributed by atoms with Gasteiger partial charge in [-0.3, -0.25) is 23.5 Å². The molecule has 0 aliphatic carbocycles. The Labute approximate surface area is 173 Å². The lowest BCUT2D eigenvalue weighted by molar-refractivity contribution is -0.117. The summed E-state index contributed by atoms with van der Waals surface area (Å²) < 4.78 is 2.52. The molecule has 0 fully saturated rings. The highest BCUT2D eigenvalue weighted by Gasteiger charge is 2.18. The fourth-order valence-corrected chi connectivity index (χ4v) is 3.29. The summed E-state index contributed by atoms with van der Waals surface area (Å²) in [5.74, 6) is -0.639. The van der Waals surface area contributed by atoms with Crippen molar-refractivity contribution in [3.63, 3.8) is 0 Å².